The molecule has 3 aliphatic rings. The van der Waals surface area contributed by atoms with E-state index in [4.69, 9.17) is 0 Å². The van der Waals surface area contributed by atoms with Crippen molar-refractivity contribution in [1.29, 1.82) is 0 Å². The first-order chi connectivity index (χ1) is 15.9. The summed E-state index contributed by atoms with van der Waals surface area (Å²) >= 11 is 1.55. The van der Waals surface area contributed by atoms with Gasteiger partial charge in [0.25, 0.3) is 0 Å². The van der Waals surface area contributed by atoms with Gasteiger partial charge in [-0.05, 0) is 11.1 Å². The second-order valence-corrected chi connectivity index (χ2v) is 13.8. The molecule has 1 atom stereocenters. The van der Waals surface area contributed by atoms with Gasteiger partial charge in [-0.15, -0.1) is 46.7 Å². The van der Waals surface area contributed by atoms with Crippen molar-refractivity contribution >= 4 is 36.9 Å². The van der Waals surface area contributed by atoms with Crippen LogP contribution in [0.25, 0.3) is 33.7 Å². The molecule has 3 aliphatic carbocycles. The van der Waals surface area contributed by atoms with E-state index < -0.39 is 0 Å². The fourth-order valence-electron chi connectivity index (χ4n) is 5.06. The number of fused-ring (bicyclic) bond motifs is 5. The second kappa shape index (κ2) is 11.6. The van der Waals surface area contributed by atoms with Gasteiger partial charge in [0.15, 0.2) is 0 Å². The summed E-state index contributed by atoms with van der Waals surface area (Å²) < 4.78 is 1.51. The van der Waals surface area contributed by atoms with E-state index in [1.165, 1.54) is 52.6 Å². The summed E-state index contributed by atoms with van der Waals surface area (Å²) in [5, 5.41) is 5.53. The van der Waals surface area contributed by atoms with E-state index in [0.29, 0.717) is 5.92 Å². The summed E-state index contributed by atoms with van der Waals surface area (Å²) in [5.41, 5.74) is 7.31. The van der Waals surface area contributed by atoms with E-state index in [1.807, 2.05) is 6.08 Å². The Morgan fingerprint density at radius 2 is 1.25 bits per heavy atom. The van der Waals surface area contributed by atoms with Crippen molar-refractivity contribution < 1.29 is 49.0 Å². The fourth-order valence-corrected chi connectivity index (χ4v) is 5.06. The van der Waals surface area contributed by atoms with Gasteiger partial charge in [-0.3, -0.25) is 6.08 Å². The van der Waals surface area contributed by atoms with Crippen molar-refractivity contribution in [1.82, 2.24) is 0 Å². The third kappa shape index (κ3) is 6.35. The summed E-state index contributed by atoms with van der Waals surface area (Å²) in [6, 6.07) is 11.9. The first kappa shape index (κ1) is 30.8. The van der Waals surface area contributed by atoms with Crippen molar-refractivity contribution in [3.63, 3.8) is 0 Å². The third-order valence-corrected chi connectivity index (χ3v) is 6.88. The summed E-state index contributed by atoms with van der Waals surface area (Å²) in [6.45, 7) is 17.7. The molecule has 0 fully saturated rings. The van der Waals surface area contributed by atoms with Crippen LogP contribution in [-0.2, 0) is 35.1 Å². The van der Waals surface area contributed by atoms with Gasteiger partial charge >= 0.3 is 41.3 Å². The molecule has 0 saturated heterocycles. The Morgan fingerprint density at radius 1 is 0.833 bits per heavy atom. The van der Waals surface area contributed by atoms with Gasteiger partial charge in [0.1, 0.15) is 0 Å². The monoisotopic (exact) mass is 592 g/mol. The van der Waals surface area contributed by atoms with E-state index in [-0.39, 0.29) is 35.6 Å². The van der Waals surface area contributed by atoms with Crippen LogP contribution in [-0.4, -0.2) is 3.21 Å². The van der Waals surface area contributed by atoms with Crippen LogP contribution < -0.4 is 24.8 Å². The molecule has 0 aromatic heterocycles. The van der Waals surface area contributed by atoms with Crippen LogP contribution in [0.2, 0.25) is 0 Å². The van der Waals surface area contributed by atoms with Crippen LogP contribution >= 0.6 is 0 Å². The van der Waals surface area contributed by atoms with Crippen LogP contribution in [0, 0.1) is 12.0 Å². The first-order valence-corrected chi connectivity index (χ1v) is 13.5. The Balaban J connectivity index is 0.000000297. The number of hydrogen-bond donors (Lipinski definition) is 0. The Morgan fingerprint density at radius 3 is 1.56 bits per heavy atom. The normalized spacial score (nSPS) is 18.8. The Labute approximate surface area is 245 Å². The Kier molecular flexibility index (Phi) is 9.89. The zero-order valence-corrected chi connectivity index (χ0v) is 26.7. The van der Waals surface area contributed by atoms with Crippen molar-refractivity contribution in [2.75, 3.05) is 0 Å². The zero-order chi connectivity index (χ0) is 24.8. The van der Waals surface area contributed by atoms with Gasteiger partial charge in [0.2, 0.25) is 0 Å². The predicted molar refractivity (Wildman–Crippen MR) is 148 cm³/mol. The minimum absolute atomic E-state index is 0. The quantitative estimate of drug-likeness (QED) is 0.352. The number of benzene rings is 2. The van der Waals surface area contributed by atoms with E-state index >= 15 is 0 Å². The summed E-state index contributed by atoms with van der Waals surface area (Å²) in [5.74, 6) is 0.556. The van der Waals surface area contributed by atoms with Crippen molar-refractivity contribution in [3.05, 3.63) is 88.5 Å². The predicted octanol–water partition coefficient (Wildman–Crippen LogP) is 3.02. The van der Waals surface area contributed by atoms with Crippen LogP contribution in [0.3, 0.4) is 0 Å². The molecule has 0 heterocycles. The fraction of sp³-hybridized carbons (Fsp3) is 0.333. The van der Waals surface area contributed by atoms with E-state index in [2.05, 4.69) is 122 Å². The van der Waals surface area contributed by atoms with E-state index in [1.54, 1.807) is 24.2 Å². The molecule has 0 N–H and O–H groups in total. The first-order valence-electron chi connectivity index (χ1n) is 12.3. The standard InChI is InChI=1S/C23H21.C7H9.C3H6.2ClH.Zr/c1-22(2)7-5-14-10-18-16(12-20(14)22)9-17-13-21-15(11-19(17)18)6-8-23(21,3)4;1-6-3-4-7(2)5-6;1-3-2;;;/h5-13H,1-4H3;3,5,7H,1-2H3;1-2H3;2*1H;/q2*-1;;;;+2/p-2. The van der Waals surface area contributed by atoms with Gasteiger partial charge in [0.05, 0.1) is 0 Å². The number of hydrogen-bond acceptors (Lipinski definition) is 0. The molecule has 0 aliphatic heterocycles. The maximum atomic E-state index is 3.15. The molecule has 3 aromatic rings. The molecule has 1 unspecified atom stereocenters. The average molecular weight is 595 g/mol. The molecule has 6 rings (SSSR count). The molecular formula is C33H36Cl2Zr-2. The zero-order valence-electron chi connectivity index (χ0n) is 22.7. The SMILES string of the molecule is CC1(C)C=Cc2cc3c(cc21)[cH-]c1cc2c(cc13)C=CC2(C)C.CC1=CC(C)[C-]=C1.C[C](C)=[Zr+2].[Cl-].[Cl-]. The molecular weight excluding hydrogens is 558 g/mol. The molecule has 3 heteroatoms. The van der Waals surface area contributed by atoms with Crippen LogP contribution in [0.4, 0.5) is 0 Å². The van der Waals surface area contributed by atoms with Gasteiger partial charge in [0, 0.05) is 10.8 Å². The van der Waals surface area contributed by atoms with E-state index in [9.17, 15) is 0 Å². The van der Waals surface area contributed by atoms with Gasteiger partial charge in [-0.1, -0.05) is 88.1 Å². The maximum Gasteiger partial charge on any atom is -1.00 e. The van der Waals surface area contributed by atoms with Crippen LogP contribution in [0.15, 0.2) is 60.2 Å². The number of allylic oxidation sites excluding steroid dienone is 6. The third-order valence-electron chi connectivity index (χ3n) is 6.88. The number of rotatable bonds is 0. The molecule has 3 aromatic carbocycles. The Hall–Kier alpha value is -1.40. The van der Waals surface area contributed by atoms with Crippen molar-refractivity contribution in [2.45, 2.75) is 66.2 Å². The molecule has 0 saturated carbocycles. The maximum absolute atomic E-state index is 3.15. The van der Waals surface area contributed by atoms with Gasteiger partial charge in [-0.2, -0.15) is 6.08 Å². The minimum atomic E-state index is 0. The minimum Gasteiger partial charge on any atom is -1.00 e. The van der Waals surface area contributed by atoms with Gasteiger partial charge < -0.3 is 24.8 Å². The second-order valence-electron chi connectivity index (χ2n) is 11.3. The van der Waals surface area contributed by atoms with Crippen LogP contribution in [0.1, 0.15) is 77.6 Å². The molecule has 0 amide bonds. The molecule has 36 heavy (non-hydrogen) atoms. The van der Waals surface area contributed by atoms with Crippen LogP contribution in [0.5, 0.6) is 0 Å². The summed E-state index contributed by atoms with van der Waals surface area (Å²) in [4.78, 5) is 0. The van der Waals surface area contributed by atoms with Crippen molar-refractivity contribution in [3.8, 4) is 0 Å². The molecule has 188 valence electrons. The molecule has 0 spiro atoms. The average Bonchev–Trinajstić information content (AvgIpc) is 3.45. The molecule has 0 bridgehead atoms. The summed E-state index contributed by atoms with van der Waals surface area (Å²) in [7, 11) is 0. The summed E-state index contributed by atoms with van der Waals surface area (Å²) in [6.07, 6.45) is 16.6. The smallest absolute Gasteiger partial charge is 1.00 e. The number of halogens is 2. The Bertz CT molecular complexity index is 1320. The van der Waals surface area contributed by atoms with Crippen molar-refractivity contribution in [2.24, 2.45) is 5.92 Å². The van der Waals surface area contributed by atoms with Gasteiger partial charge in [-0.25, -0.2) is 11.6 Å². The topological polar surface area (TPSA) is 0 Å². The van der Waals surface area contributed by atoms with E-state index in [0.717, 1.165) is 0 Å². The molecule has 0 radical (unpaired) electrons. The molecule has 0 nitrogen and oxygen atoms in total. The largest absolute Gasteiger partial charge is 1.00 e.